The molecule has 7 rings (SSSR count). The summed E-state index contributed by atoms with van der Waals surface area (Å²) in [6.45, 7) is 4.53. The van der Waals surface area contributed by atoms with E-state index >= 15 is 0 Å². The number of aromatic nitrogens is 2. The molecule has 0 unspecified atom stereocenters. The molecule has 41 heavy (non-hydrogen) atoms. The van der Waals surface area contributed by atoms with Crippen LogP contribution in [0.2, 0.25) is 0 Å². The van der Waals surface area contributed by atoms with Gasteiger partial charge in [-0.2, -0.15) is 5.26 Å². The second kappa shape index (κ2) is 9.70. The van der Waals surface area contributed by atoms with Crippen molar-refractivity contribution in [2.75, 3.05) is 0 Å². The number of rotatable bonds is 4. The van der Waals surface area contributed by atoms with Gasteiger partial charge in [-0.1, -0.05) is 111 Å². The number of benzene rings is 5. The normalized spacial score (nSPS) is 12.8. The Morgan fingerprint density at radius 2 is 1.15 bits per heavy atom. The summed E-state index contributed by atoms with van der Waals surface area (Å²) < 4.78 is 0. The fraction of sp³-hybridized carbons (Fsp3) is 0.0789. The van der Waals surface area contributed by atoms with Gasteiger partial charge in [-0.25, -0.2) is 9.97 Å². The summed E-state index contributed by atoms with van der Waals surface area (Å²) in [6, 6.07) is 46.1. The second-order valence-corrected chi connectivity index (χ2v) is 11.0. The van der Waals surface area contributed by atoms with Gasteiger partial charge in [0, 0.05) is 22.1 Å². The number of fused-ring (bicyclic) bond motifs is 3. The minimum atomic E-state index is -0.145. The zero-order chi connectivity index (χ0) is 28.0. The van der Waals surface area contributed by atoms with Gasteiger partial charge in [-0.05, 0) is 63.7 Å². The van der Waals surface area contributed by atoms with E-state index < -0.39 is 0 Å². The standard InChI is InChI=1S/C38H27N3/c1-38(2)33-19-16-25(24-39)20-32(33)31-18-17-29(22-34(31)38)28-14-9-15-30(21-28)36-23-35(26-10-5-3-6-11-26)40-37(41-36)27-12-7-4-8-13-27/h3-23H,1-2H3. The first-order valence-corrected chi connectivity index (χ1v) is 13.8. The minimum absolute atomic E-state index is 0.145. The lowest BCUT2D eigenvalue weighted by Gasteiger charge is -2.22. The van der Waals surface area contributed by atoms with Crippen LogP contribution in [-0.2, 0) is 5.41 Å². The highest BCUT2D eigenvalue weighted by atomic mass is 14.9. The Morgan fingerprint density at radius 3 is 1.88 bits per heavy atom. The lowest BCUT2D eigenvalue weighted by Crippen LogP contribution is -2.15. The topological polar surface area (TPSA) is 49.6 Å². The molecule has 0 amide bonds. The Kier molecular flexibility index (Phi) is 5.84. The van der Waals surface area contributed by atoms with Crippen molar-refractivity contribution in [3.63, 3.8) is 0 Å². The summed E-state index contributed by atoms with van der Waals surface area (Å²) in [5.74, 6) is 0.709. The Labute approximate surface area is 240 Å². The van der Waals surface area contributed by atoms with Gasteiger partial charge in [-0.3, -0.25) is 0 Å². The smallest absolute Gasteiger partial charge is 0.160 e. The predicted molar refractivity (Wildman–Crippen MR) is 166 cm³/mol. The van der Waals surface area contributed by atoms with Crippen LogP contribution in [0, 0.1) is 11.3 Å². The molecule has 0 saturated carbocycles. The Bertz CT molecular complexity index is 1910. The lowest BCUT2D eigenvalue weighted by molar-refractivity contribution is 0.660. The molecule has 3 nitrogen and oxygen atoms in total. The molecule has 5 aromatic carbocycles. The molecule has 0 spiro atoms. The van der Waals surface area contributed by atoms with Crippen molar-refractivity contribution in [2.45, 2.75) is 19.3 Å². The monoisotopic (exact) mass is 525 g/mol. The molecule has 3 heteroatoms. The van der Waals surface area contributed by atoms with E-state index in [0.29, 0.717) is 11.4 Å². The van der Waals surface area contributed by atoms with Crippen LogP contribution >= 0.6 is 0 Å². The van der Waals surface area contributed by atoms with E-state index in [1.54, 1.807) is 0 Å². The van der Waals surface area contributed by atoms with Crippen molar-refractivity contribution in [1.29, 1.82) is 5.26 Å². The van der Waals surface area contributed by atoms with Crippen LogP contribution in [0.5, 0.6) is 0 Å². The van der Waals surface area contributed by atoms with Crippen molar-refractivity contribution in [2.24, 2.45) is 0 Å². The van der Waals surface area contributed by atoms with E-state index in [1.165, 1.54) is 16.7 Å². The summed E-state index contributed by atoms with van der Waals surface area (Å²) in [7, 11) is 0. The first-order valence-electron chi connectivity index (χ1n) is 13.8. The maximum absolute atomic E-state index is 9.46. The van der Waals surface area contributed by atoms with E-state index in [9.17, 15) is 5.26 Å². The van der Waals surface area contributed by atoms with E-state index in [2.05, 4.69) is 86.6 Å². The van der Waals surface area contributed by atoms with E-state index in [1.807, 2.05) is 60.7 Å². The summed E-state index contributed by atoms with van der Waals surface area (Å²) in [5.41, 5.74) is 12.6. The van der Waals surface area contributed by atoms with Crippen LogP contribution in [0.3, 0.4) is 0 Å². The largest absolute Gasteiger partial charge is 0.228 e. The maximum atomic E-state index is 9.46. The third-order valence-corrected chi connectivity index (χ3v) is 8.12. The van der Waals surface area contributed by atoms with Gasteiger partial charge in [0.25, 0.3) is 0 Å². The van der Waals surface area contributed by atoms with Gasteiger partial charge in [-0.15, -0.1) is 0 Å². The summed E-state index contributed by atoms with van der Waals surface area (Å²) >= 11 is 0. The number of nitriles is 1. The summed E-state index contributed by atoms with van der Waals surface area (Å²) in [5, 5.41) is 9.46. The SMILES string of the molecule is CC1(C)c2ccc(C#N)cc2-c2ccc(-c3cccc(-c4cc(-c5ccccc5)nc(-c5ccccc5)n4)c3)cc21. The van der Waals surface area contributed by atoms with Crippen molar-refractivity contribution in [3.8, 4) is 62.2 Å². The van der Waals surface area contributed by atoms with Gasteiger partial charge in [0.2, 0.25) is 0 Å². The molecule has 0 fully saturated rings. The highest BCUT2D eigenvalue weighted by Crippen LogP contribution is 2.50. The molecule has 0 atom stereocenters. The number of nitrogens with zero attached hydrogens (tertiary/aromatic N) is 3. The molecule has 1 aromatic heterocycles. The Hall–Kier alpha value is -5.33. The maximum Gasteiger partial charge on any atom is 0.160 e. The van der Waals surface area contributed by atoms with Gasteiger partial charge < -0.3 is 0 Å². The minimum Gasteiger partial charge on any atom is -0.228 e. The number of hydrogen-bond donors (Lipinski definition) is 0. The van der Waals surface area contributed by atoms with E-state index in [-0.39, 0.29) is 5.41 Å². The van der Waals surface area contributed by atoms with Gasteiger partial charge in [0.15, 0.2) is 5.82 Å². The highest BCUT2D eigenvalue weighted by Gasteiger charge is 2.35. The van der Waals surface area contributed by atoms with Crippen LogP contribution in [0.1, 0.15) is 30.5 Å². The molecule has 0 bridgehead atoms. The van der Waals surface area contributed by atoms with E-state index in [4.69, 9.17) is 9.97 Å². The van der Waals surface area contributed by atoms with Crippen LogP contribution in [0.4, 0.5) is 0 Å². The fourth-order valence-electron chi connectivity index (χ4n) is 5.93. The highest BCUT2D eigenvalue weighted by molar-refractivity contribution is 5.85. The Morgan fingerprint density at radius 1 is 0.512 bits per heavy atom. The second-order valence-electron chi connectivity index (χ2n) is 11.0. The molecule has 1 heterocycles. The molecular weight excluding hydrogens is 498 g/mol. The third-order valence-electron chi connectivity index (χ3n) is 8.12. The zero-order valence-electron chi connectivity index (χ0n) is 23.0. The van der Waals surface area contributed by atoms with Crippen LogP contribution in [0.25, 0.3) is 56.2 Å². The lowest BCUT2D eigenvalue weighted by atomic mass is 9.81. The van der Waals surface area contributed by atoms with Gasteiger partial charge in [0.05, 0.1) is 23.0 Å². The Balaban J connectivity index is 1.33. The summed E-state index contributed by atoms with van der Waals surface area (Å²) in [4.78, 5) is 9.96. The van der Waals surface area contributed by atoms with Crippen LogP contribution in [-0.4, -0.2) is 9.97 Å². The van der Waals surface area contributed by atoms with Gasteiger partial charge in [0.1, 0.15) is 0 Å². The van der Waals surface area contributed by atoms with Crippen molar-refractivity contribution < 1.29 is 0 Å². The molecule has 1 aliphatic rings. The van der Waals surface area contributed by atoms with Crippen LogP contribution in [0.15, 0.2) is 127 Å². The van der Waals surface area contributed by atoms with Crippen molar-refractivity contribution in [1.82, 2.24) is 9.97 Å². The molecule has 0 saturated heterocycles. The van der Waals surface area contributed by atoms with Crippen molar-refractivity contribution in [3.05, 3.63) is 144 Å². The average molecular weight is 526 g/mol. The molecule has 1 aliphatic carbocycles. The average Bonchev–Trinajstić information content (AvgIpc) is 3.27. The predicted octanol–water partition coefficient (Wildman–Crippen LogP) is 9.32. The molecule has 0 N–H and O–H groups in total. The van der Waals surface area contributed by atoms with Crippen molar-refractivity contribution >= 4 is 0 Å². The van der Waals surface area contributed by atoms with E-state index in [0.717, 1.165) is 44.8 Å². The van der Waals surface area contributed by atoms with Gasteiger partial charge >= 0.3 is 0 Å². The molecule has 6 aromatic rings. The zero-order valence-corrected chi connectivity index (χ0v) is 23.0. The third kappa shape index (κ3) is 4.31. The number of hydrogen-bond acceptors (Lipinski definition) is 3. The first kappa shape index (κ1) is 24.7. The first-order chi connectivity index (χ1) is 20.0. The molecule has 194 valence electrons. The molecular formula is C38H27N3. The fourth-order valence-corrected chi connectivity index (χ4v) is 5.93. The molecule has 0 aliphatic heterocycles. The molecule has 0 radical (unpaired) electrons. The quantitative estimate of drug-likeness (QED) is 0.230. The van der Waals surface area contributed by atoms with Crippen LogP contribution < -0.4 is 0 Å². The summed E-state index contributed by atoms with van der Waals surface area (Å²) in [6.07, 6.45) is 0.